The van der Waals surface area contributed by atoms with E-state index < -0.39 is 0 Å². The van der Waals surface area contributed by atoms with Gasteiger partial charge in [0.2, 0.25) is 0 Å². The molecule has 0 atom stereocenters. The number of ether oxygens (including phenoxy) is 1. The summed E-state index contributed by atoms with van der Waals surface area (Å²) in [7, 11) is 0. The summed E-state index contributed by atoms with van der Waals surface area (Å²) in [6.45, 7) is 3.62. The van der Waals surface area contributed by atoms with Crippen LogP contribution in [-0.2, 0) is 4.74 Å². The van der Waals surface area contributed by atoms with Crippen LogP contribution < -0.4 is 10.6 Å². The zero-order valence-corrected chi connectivity index (χ0v) is 12.9. The van der Waals surface area contributed by atoms with Crippen molar-refractivity contribution in [3.63, 3.8) is 0 Å². The standard InChI is InChI=1S/C17H19N5O/c18-16-17-20-15(12-22(17)8-6-19-16)13-2-4-14(5-3-13)21-7-1-10-23-11-9-21/h2-6,8,12H,1,7,9-11H2,(H2,18,19). The van der Waals surface area contributed by atoms with E-state index in [1.165, 1.54) is 5.69 Å². The summed E-state index contributed by atoms with van der Waals surface area (Å²) in [6.07, 6.45) is 6.58. The van der Waals surface area contributed by atoms with Crippen molar-refractivity contribution < 1.29 is 4.74 Å². The molecule has 2 aromatic heterocycles. The van der Waals surface area contributed by atoms with Gasteiger partial charge in [0, 0.05) is 49.5 Å². The number of anilines is 2. The second-order valence-corrected chi connectivity index (χ2v) is 5.67. The zero-order valence-electron chi connectivity index (χ0n) is 12.9. The van der Waals surface area contributed by atoms with Crippen LogP contribution in [-0.4, -0.2) is 40.7 Å². The van der Waals surface area contributed by atoms with E-state index in [0.717, 1.165) is 44.0 Å². The maximum atomic E-state index is 5.87. The first-order valence-corrected chi connectivity index (χ1v) is 7.83. The van der Waals surface area contributed by atoms with Crippen molar-refractivity contribution in [3.8, 4) is 11.3 Å². The predicted molar refractivity (Wildman–Crippen MR) is 90.5 cm³/mol. The molecule has 6 nitrogen and oxygen atoms in total. The molecule has 6 heteroatoms. The number of rotatable bonds is 2. The Hall–Kier alpha value is -2.60. The van der Waals surface area contributed by atoms with Gasteiger partial charge >= 0.3 is 0 Å². The summed E-state index contributed by atoms with van der Waals surface area (Å²) in [5, 5.41) is 0. The highest BCUT2D eigenvalue weighted by Gasteiger charge is 2.11. The van der Waals surface area contributed by atoms with E-state index in [1.807, 2.05) is 16.8 Å². The molecule has 1 fully saturated rings. The smallest absolute Gasteiger partial charge is 0.180 e. The van der Waals surface area contributed by atoms with Crippen LogP contribution in [0.1, 0.15) is 6.42 Å². The largest absolute Gasteiger partial charge is 0.381 e. The molecule has 1 saturated heterocycles. The molecule has 118 valence electrons. The van der Waals surface area contributed by atoms with Crippen LogP contribution in [0.2, 0.25) is 0 Å². The zero-order chi connectivity index (χ0) is 15.6. The lowest BCUT2D eigenvalue weighted by Gasteiger charge is -2.22. The number of fused-ring (bicyclic) bond motifs is 1. The van der Waals surface area contributed by atoms with Crippen molar-refractivity contribution in [1.82, 2.24) is 14.4 Å². The Labute approximate surface area is 134 Å². The van der Waals surface area contributed by atoms with E-state index in [4.69, 9.17) is 10.5 Å². The van der Waals surface area contributed by atoms with Crippen molar-refractivity contribution in [1.29, 1.82) is 0 Å². The van der Waals surface area contributed by atoms with Gasteiger partial charge in [-0.05, 0) is 18.6 Å². The quantitative estimate of drug-likeness (QED) is 0.786. The SMILES string of the molecule is Nc1nccn2cc(-c3ccc(N4CCCOCC4)cc3)nc12. The minimum absolute atomic E-state index is 0.444. The highest BCUT2D eigenvalue weighted by atomic mass is 16.5. The summed E-state index contributed by atoms with van der Waals surface area (Å²) in [5.74, 6) is 0.444. The van der Waals surface area contributed by atoms with Crippen molar-refractivity contribution >= 4 is 17.2 Å². The monoisotopic (exact) mass is 309 g/mol. The molecule has 3 aromatic rings. The van der Waals surface area contributed by atoms with Crippen molar-refractivity contribution in [2.75, 3.05) is 36.9 Å². The van der Waals surface area contributed by atoms with Crippen molar-refractivity contribution in [2.24, 2.45) is 0 Å². The Morgan fingerprint density at radius 1 is 1.09 bits per heavy atom. The van der Waals surface area contributed by atoms with Gasteiger partial charge in [0.25, 0.3) is 0 Å². The van der Waals surface area contributed by atoms with E-state index in [0.29, 0.717) is 11.5 Å². The van der Waals surface area contributed by atoms with Gasteiger partial charge in [-0.15, -0.1) is 0 Å². The Balaban J connectivity index is 1.62. The maximum absolute atomic E-state index is 5.87. The molecule has 0 aliphatic carbocycles. The molecule has 0 spiro atoms. The Morgan fingerprint density at radius 3 is 2.78 bits per heavy atom. The average Bonchev–Trinajstić information content (AvgIpc) is 2.84. The third kappa shape index (κ3) is 2.73. The lowest BCUT2D eigenvalue weighted by atomic mass is 10.1. The molecule has 1 aliphatic rings. The first-order valence-electron chi connectivity index (χ1n) is 7.83. The van der Waals surface area contributed by atoms with E-state index in [1.54, 1.807) is 6.20 Å². The minimum atomic E-state index is 0.444. The van der Waals surface area contributed by atoms with Gasteiger partial charge in [-0.2, -0.15) is 0 Å². The molecule has 0 amide bonds. The number of benzene rings is 1. The van der Waals surface area contributed by atoms with E-state index >= 15 is 0 Å². The summed E-state index contributed by atoms with van der Waals surface area (Å²) in [4.78, 5) is 11.0. The number of hydrogen-bond donors (Lipinski definition) is 1. The Bertz CT molecular complexity index is 803. The van der Waals surface area contributed by atoms with Gasteiger partial charge < -0.3 is 19.8 Å². The number of hydrogen-bond acceptors (Lipinski definition) is 5. The second kappa shape index (κ2) is 5.89. The fourth-order valence-corrected chi connectivity index (χ4v) is 2.93. The summed E-state index contributed by atoms with van der Waals surface area (Å²) in [6, 6.07) is 8.50. The molecule has 0 bridgehead atoms. The third-order valence-electron chi connectivity index (χ3n) is 4.15. The molecule has 4 rings (SSSR count). The fourth-order valence-electron chi connectivity index (χ4n) is 2.93. The van der Waals surface area contributed by atoms with Crippen molar-refractivity contribution in [2.45, 2.75) is 6.42 Å². The predicted octanol–water partition coefficient (Wildman–Crippen LogP) is 2.21. The molecule has 0 unspecified atom stereocenters. The number of aromatic nitrogens is 3. The molecular weight excluding hydrogens is 290 g/mol. The van der Waals surface area contributed by atoms with Crippen LogP contribution in [0.3, 0.4) is 0 Å². The van der Waals surface area contributed by atoms with Gasteiger partial charge in [-0.1, -0.05) is 12.1 Å². The lowest BCUT2D eigenvalue weighted by Crippen LogP contribution is -2.25. The summed E-state index contributed by atoms with van der Waals surface area (Å²) >= 11 is 0. The van der Waals surface area contributed by atoms with E-state index in [9.17, 15) is 0 Å². The molecule has 3 heterocycles. The van der Waals surface area contributed by atoms with Gasteiger partial charge in [-0.25, -0.2) is 9.97 Å². The lowest BCUT2D eigenvalue weighted by molar-refractivity contribution is 0.152. The summed E-state index contributed by atoms with van der Waals surface area (Å²) in [5.41, 5.74) is 9.76. The first-order chi connectivity index (χ1) is 11.3. The molecule has 23 heavy (non-hydrogen) atoms. The van der Waals surface area contributed by atoms with Gasteiger partial charge in [-0.3, -0.25) is 0 Å². The number of imidazole rings is 1. The number of nitrogens with zero attached hydrogens (tertiary/aromatic N) is 4. The van der Waals surface area contributed by atoms with Crippen LogP contribution in [0.15, 0.2) is 42.9 Å². The Kier molecular flexibility index (Phi) is 3.59. The van der Waals surface area contributed by atoms with E-state index in [2.05, 4.69) is 39.1 Å². The molecule has 1 aliphatic heterocycles. The topological polar surface area (TPSA) is 68.7 Å². The van der Waals surface area contributed by atoms with Crippen LogP contribution in [0.25, 0.3) is 16.9 Å². The van der Waals surface area contributed by atoms with Crippen LogP contribution >= 0.6 is 0 Å². The molecule has 0 saturated carbocycles. The van der Waals surface area contributed by atoms with Crippen LogP contribution in [0, 0.1) is 0 Å². The van der Waals surface area contributed by atoms with Gasteiger partial charge in [0.05, 0.1) is 12.3 Å². The molecule has 1 aromatic carbocycles. The van der Waals surface area contributed by atoms with E-state index in [-0.39, 0.29) is 0 Å². The Morgan fingerprint density at radius 2 is 1.96 bits per heavy atom. The number of nitrogens with two attached hydrogens (primary N) is 1. The van der Waals surface area contributed by atoms with Gasteiger partial charge in [0.15, 0.2) is 11.5 Å². The first kappa shape index (κ1) is 14.0. The van der Waals surface area contributed by atoms with Crippen LogP contribution in [0.4, 0.5) is 11.5 Å². The molecule has 2 N–H and O–H groups in total. The van der Waals surface area contributed by atoms with Crippen molar-refractivity contribution in [3.05, 3.63) is 42.9 Å². The fraction of sp³-hybridized carbons (Fsp3) is 0.294. The number of nitrogen functional groups attached to an aromatic ring is 1. The van der Waals surface area contributed by atoms with Gasteiger partial charge in [0.1, 0.15) is 0 Å². The summed E-state index contributed by atoms with van der Waals surface area (Å²) < 4.78 is 7.41. The molecule has 0 radical (unpaired) electrons. The maximum Gasteiger partial charge on any atom is 0.180 e. The third-order valence-corrected chi connectivity index (χ3v) is 4.15. The minimum Gasteiger partial charge on any atom is -0.381 e. The highest BCUT2D eigenvalue weighted by molar-refractivity contribution is 5.69. The van der Waals surface area contributed by atoms with Crippen LogP contribution in [0.5, 0.6) is 0 Å². The molecular formula is C17H19N5O. The highest BCUT2D eigenvalue weighted by Crippen LogP contribution is 2.24. The average molecular weight is 309 g/mol. The second-order valence-electron chi connectivity index (χ2n) is 5.67. The normalized spacial score (nSPS) is 15.7.